The molecule has 2 aromatic carbocycles. The Hall–Kier alpha value is -2.86. The van der Waals surface area contributed by atoms with Crippen molar-refractivity contribution in [2.75, 3.05) is 18.9 Å². The second-order valence-electron chi connectivity index (χ2n) is 6.42. The van der Waals surface area contributed by atoms with Gasteiger partial charge in [-0.05, 0) is 23.8 Å². The molecule has 1 aliphatic heterocycles. The largest absolute Gasteiger partial charge is 0.355 e. The predicted octanol–water partition coefficient (Wildman–Crippen LogP) is 2.69. The minimum Gasteiger partial charge on any atom is -0.355 e. The average Bonchev–Trinajstić information content (AvgIpc) is 3.04. The van der Waals surface area contributed by atoms with Gasteiger partial charge in [-0.1, -0.05) is 41.9 Å². The molecule has 7 heteroatoms. The van der Waals surface area contributed by atoms with Gasteiger partial charge in [-0.15, -0.1) is 0 Å². The molecule has 1 saturated heterocycles. The van der Waals surface area contributed by atoms with E-state index >= 15 is 0 Å². The van der Waals surface area contributed by atoms with Crippen LogP contribution in [0, 0.1) is 5.92 Å². The summed E-state index contributed by atoms with van der Waals surface area (Å²) in [4.78, 5) is 38.3. The summed E-state index contributed by atoms with van der Waals surface area (Å²) in [5, 5.41) is 5.61. The fourth-order valence-corrected chi connectivity index (χ4v) is 3.21. The van der Waals surface area contributed by atoms with Gasteiger partial charge in [0.25, 0.3) is 5.91 Å². The van der Waals surface area contributed by atoms with Gasteiger partial charge in [-0.3, -0.25) is 14.4 Å². The van der Waals surface area contributed by atoms with Crippen molar-refractivity contribution in [3.63, 3.8) is 0 Å². The van der Waals surface area contributed by atoms with E-state index in [1.807, 2.05) is 30.3 Å². The summed E-state index contributed by atoms with van der Waals surface area (Å²) in [5.41, 5.74) is 1.77. The van der Waals surface area contributed by atoms with E-state index < -0.39 is 5.92 Å². The average molecular weight is 386 g/mol. The Labute approximate surface area is 162 Å². The van der Waals surface area contributed by atoms with Gasteiger partial charge in [0.05, 0.1) is 16.6 Å². The van der Waals surface area contributed by atoms with Crippen LogP contribution in [0.25, 0.3) is 0 Å². The summed E-state index contributed by atoms with van der Waals surface area (Å²) in [6.07, 6.45) is 0.158. The van der Waals surface area contributed by atoms with Crippen molar-refractivity contribution in [1.82, 2.24) is 10.2 Å². The molecular formula is C20H20ClN3O3. The lowest BCUT2D eigenvalue weighted by molar-refractivity contribution is -0.128. The molecule has 6 nitrogen and oxygen atoms in total. The van der Waals surface area contributed by atoms with Crippen LogP contribution in [0.3, 0.4) is 0 Å². The number of nitrogens with zero attached hydrogens (tertiary/aromatic N) is 1. The molecule has 0 aromatic heterocycles. The number of likely N-dealkylation sites (tertiary alicyclic amines) is 1. The van der Waals surface area contributed by atoms with Crippen LogP contribution in [-0.2, 0) is 16.1 Å². The predicted molar refractivity (Wildman–Crippen MR) is 103 cm³/mol. The third-order valence-corrected chi connectivity index (χ3v) is 4.84. The molecule has 3 amide bonds. The first-order valence-corrected chi connectivity index (χ1v) is 9.00. The number of halogens is 1. The number of rotatable bonds is 5. The monoisotopic (exact) mass is 385 g/mol. The van der Waals surface area contributed by atoms with Gasteiger partial charge in [0.15, 0.2) is 0 Å². The quantitative estimate of drug-likeness (QED) is 0.830. The van der Waals surface area contributed by atoms with Crippen molar-refractivity contribution in [2.24, 2.45) is 5.92 Å². The van der Waals surface area contributed by atoms with E-state index in [1.54, 1.807) is 17.0 Å². The van der Waals surface area contributed by atoms with Gasteiger partial charge in [0.2, 0.25) is 11.8 Å². The summed E-state index contributed by atoms with van der Waals surface area (Å²) in [5.74, 6) is -1.06. The van der Waals surface area contributed by atoms with Crippen molar-refractivity contribution in [1.29, 1.82) is 0 Å². The van der Waals surface area contributed by atoms with E-state index in [2.05, 4.69) is 10.6 Å². The Kier molecular flexibility index (Phi) is 5.76. The van der Waals surface area contributed by atoms with Crippen molar-refractivity contribution < 1.29 is 14.4 Å². The Morgan fingerprint density at radius 1 is 1.19 bits per heavy atom. The lowest BCUT2D eigenvalue weighted by Crippen LogP contribution is -2.28. The molecule has 1 atom stereocenters. The van der Waals surface area contributed by atoms with Crippen LogP contribution in [0.15, 0.2) is 48.5 Å². The molecule has 0 radical (unpaired) electrons. The summed E-state index contributed by atoms with van der Waals surface area (Å²) < 4.78 is 0. The molecule has 1 unspecified atom stereocenters. The van der Waals surface area contributed by atoms with Gasteiger partial charge in [-0.2, -0.15) is 0 Å². The first-order valence-electron chi connectivity index (χ1n) is 8.62. The lowest BCUT2D eigenvalue weighted by Gasteiger charge is -2.17. The van der Waals surface area contributed by atoms with Crippen LogP contribution in [0.5, 0.6) is 0 Å². The normalized spacial score (nSPS) is 16.3. The Morgan fingerprint density at radius 3 is 2.63 bits per heavy atom. The summed E-state index contributed by atoms with van der Waals surface area (Å²) in [6, 6.07) is 14.3. The second-order valence-corrected chi connectivity index (χ2v) is 6.83. The minimum absolute atomic E-state index is 0.0517. The third-order valence-electron chi connectivity index (χ3n) is 4.52. The van der Waals surface area contributed by atoms with E-state index in [4.69, 9.17) is 11.6 Å². The number of carbonyl (C=O) groups is 3. The van der Waals surface area contributed by atoms with Crippen molar-refractivity contribution in [2.45, 2.75) is 13.0 Å². The number of hydrogen-bond donors (Lipinski definition) is 2. The zero-order valence-electron chi connectivity index (χ0n) is 14.9. The summed E-state index contributed by atoms with van der Waals surface area (Å²) >= 11 is 6.14. The smallest absolute Gasteiger partial charge is 0.251 e. The molecule has 0 saturated carbocycles. The Bertz CT molecular complexity index is 870. The first kappa shape index (κ1) is 18.9. The lowest BCUT2D eigenvalue weighted by atomic mass is 10.1. The molecule has 0 spiro atoms. The van der Waals surface area contributed by atoms with E-state index in [9.17, 15) is 14.4 Å². The molecule has 1 aliphatic rings. The van der Waals surface area contributed by atoms with Crippen molar-refractivity contribution in [3.8, 4) is 0 Å². The van der Waals surface area contributed by atoms with Crippen molar-refractivity contribution >= 4 is 35.0 Å². The number of carbonyl (C=O) groups excluding carboxylic acids is 3. The SMILES string of the molecule is CNC(=O)c1ccc(Cl)c(NC(=O)C2CC(=O)N(Cc3ccccc3)C2)c1. The molecule has 2 aromatic rings. The fourth-order valence-electron chi connectivity index (χ4n) is 3.05. The van der Waals surface area contributed by atoms with Gasteiger partial charge in [-0.25, -0.2) is 0 Å². The molecule has 140 valence electrons. The first-order chi connectivity index (χ1) is 13.0. The molecule has 27 heavy (non-hydrogen) atoms. The van der Waals surface area contributed by atoms with Crippen LogP contribution in [-0.4, -0.2) is 36.2 Å². The van der Waals surface area contributed by atoms with Crippen LogP contribution in [0.4, 0.5) is 5.69 Å². The number of nitrogens with one attached hydrogen (secondary N) is 2. The van der Waals surface area contributed by atoms with Gasteiger partial charge in [0, 0.05) is 32.1 Å². The molecule has 1 heterocycles. The van der Waals surface area contributed by atoms with Gasteiger partial charge in [0.1, 0.15) is 0 Å². The molecular weight excluding hydrogens is 366 g/mol. The zero-order chi connectivity index (χ0) is 19.4. The molecule has 2 N–H and O–H groups in total. The summed E-state index contributed by atoms with van der Waals surface area (Å²) in [6.45, 7) is 0.836. The molecule has 0 aliphatic carbocycles. The number of amides is 3. The maximum atomic E-state index is 12.6. The topological polar surface area (TPSA) is 78.5 Å². The van der Waals surface area contributed by atoms with E-state index in [1.165, 1.54) is 13.1 Å². The van der Waals surface area contributed by atoms with Crippen LogP contribution in [0.2, 0.25) is 5.02 Å². The molecule has 3 rings (SSSR count). The second kappa shape index (κ2) is 8.22. The molecule has 1 fully saturated rings. The van der Waals surface area contributed by atoms with E-state index in [0.717, 1.165) is 5.56 Å². The number of benzene rings is 2. The Morgan fingerprint density at radius 2 is 1.93 bits per heavy atom. The Balaban J connectivity index is 1.67. The maximum absolute atomic E-state index is 12.6. The molecule has 0 bridgehead atoms. The number of hydrogen-bond acceptors (Lipinski definition) is 3. The van der Waals surface area contributed by atoms with Crippen LogP contribution < -0.4 is 10.6 Å². The standard InChI is InChI=1S/C20H20ClN3O3/c1-22-19(26)14-7-8-16(21)17(9-14)23-20(27)15-10-18(25)24(12-15)11-13-5-3-2-4-6-13/h2-9,15H,10-12H2,1H3,(H,22,26)(H,23,27). The minimum atomic E-state index is -0.457. The maximum Gasteiger partial charge on any atom is 0.251 e. The highest BCUT2D eigenvalue weighted by atomic mass is 35.5. The van der Waals surface area contributed by atoms with Gasteiger partial charge >= 0.3 is 0 Å². The zero-order valence-corrected chi connectivity index (χ0v) is 15.6. The highest BCUT2D eigenvalue weighted by Crippen LogP contribution is 2.26. The van der Waals surface area contributed by atoms with Gasteiger partial charge < -0.3 is 15.5 Å². The summed E-state index contributed by atoms with van der Waals surface area (Å²) in [7, 11) is 1.53. The van der Waals surface area contributed by atoms with Crippen LogP contribution in [0.1, 0.15) is 22.3 Å². The number of anilines is 1. The fraction of sp³-hybridized carbons (Fsp3) is 0.250. The highest BCUT2D eigenvalue weighted by Gasteiger charge is 2.34. The van der Waals surface area contributed by atoms with E-state index in [0.29, 0.717) is 29.4 Å². The van der Waals surface area contributed by atoms with Crippen molar-refractivity contribution in [3.05, 3.63) is 64.7 Å². The highest BCUT2D eigenvalue weighted by molar-refractivity contribution is 6.34. The van der Waals surface area contributed by atoms with E-state index in [-0.39, 0.29) is 24.1 Å². The third kappa shape index (κ3) is 4.46. The van der Waals surface area contributed by atoms with Crippen LogP contribution >= 0.6 is 11.6 Å².